The van der Waals surface area contributed by atoms with Crippen LogP contribution in [0.25, 0.3) is 0 Å². The van der Waals surface area contributed by atoms with E-state index in [0.29, 0.717) is 13.2 Å². The molecular formula is C21H26N2O3. The van der Waals surface area contributed by atoms with Crippen LogP contribution in [0.2, 0.25) is 0 Å². The molecule has 0 radical (unpaired) electrons. The Labute approximate surface area is 154 Å². The summed E-state index contributed by atoms with van der Waals surface area (Å²) in [7, 11) is 0. The number of ether oxygens (including phenoxy) is 2. The van der Waals surface area contributed by atoms with Crippen LogP contribution >= 0.6 is 0 Å². The highest BCUT2D eigenvalue weighted by Crippen LogP contribution is 2.13. The molecule has 0 saturated carbocycles. The van der Waals surface area contributed by atoms with Crippen molar-refractivity contribution in [3.63, 3.8) is 0 Å². The molecule has 5 nitrogen and oxygen atoms in total. The Hall–Kier alpha value is -2.21. The number of hydrogen-bond donors (Lipinski definition) is 1. The van der Waals surface area contributed by atoms with E-state index in [9.17, 15) is 4.79 Å². The van der Waals surface area contributed by atoms with Crippen LogP contribution in [-0.4, -0.2) is 43.7 Å². The molecule has 1 N–H and O–H groups in total. The molecule has 1 amide bonds. The molecule has 138 valence electrons. The second-order valence-corrected chi connectivity index (χ2v) is 6.41. The second-order valence-electron chi connectivity index (χ2n) is 6.41. The van der Waals surface area contributed by atoms with Gasteiger partial charge in [-0.15, -0.1) is 0 Å². The molecule has 26 heavy (non-hydrogen) atoms. The summed E-state index contributed by atoms with van der Waals surface area (Å²) < 4.78 is 10.9. The lowest BCUT2D eigenvalue weighted by molar-refractivity contribution is -0.126. The molecule has 0 bridgehead atoms. The van der Waals surface area contributed by atoms with Crippen LogP contribution in [0, 0.1) is 0 Å². The van der Waals surface area contributed by atoms with Crippen molar-refractivity contribution in [1.82, 2.24) is 10.2 Å². The van der Waals surface area contributed by atoms with E-state index >= 15 is 0 Å². The van der Waals surface area contributed by atoms with Gasteiger partial charge in [0.1, 0.15) is 6.61 Å². The number of carbonyl (C=O) groups is 1. The maximum atomic E-state index is 12.0. The minimum atomic E-state index is -0.0953. The zero-order valence-corrected chi connectivity index (χ0v) is 15.0. The number of morpholine rings is 1. The molecule has 2 aromatic carbocycles. The van der Waals surface area contributed by atoms with E-state index in [1.807, 2.05) is 42.5 Å². The number of nitrogens with zero attached hydrogens (tertiary/aromatic N) is 1. The molecule has 2 aromatic rings. The third-order valence-electron chi connectivity index (χ3n) is 4.44. The van der Waals surface area contributed by atoms with Crippen LogP contribution < -0.4 is 5.32 Å². The van der Waals surface area contributed by atoms with Gasteiger partial charge in [-0.2, -0.15) is 0 Å². The lowest BCUT2D eigenvalue weighted by Gasteiger charge is -2.27. The van der Waals surface area contributed by atoms with Gasteiger partial charge in [0.2, 0.25) is 5.91 Å². The maximum Gasteiger partial charge on any atom is 0.246 e. The maximum absolute atomic E-state index is 12.0. The lowest BCUT2D eigenvalue weighted by Crippen LogP contribution is -2.36. The van der Waals surface area contributed by atoms with Gasteiger partial charge in [-0.1, -0.05) is 54.6 Å². The van der Waals surface area contributed by atoms with Crippen LogP contribution in [0.1, 0.15) is 16.7 Å². The number of nitrogens with one attached hydrogen (secondary N) is 1. The average Bonchev–Trinajstić information content (AvgIpc) is 2.69. The largest absolute Gasteiger partial charge is 0.379 e. The van der Waals surface area contributed by atoms with E-state index in [1.54, 1.807) is 0 Å². The first kappa shape index (κ1) is 18.6. The summed E-state index contributed by atoms with van der Waals surface area (Å²) in [6.45, 7) is 5.41. The van der Waals surface area contributed by atoms with Gasteiger partial charge >= 0.3 is 0 Å². The van der Waals surface area contributed by atoms with E-state index < -0.39 is 0 Å². The topological polar surface area (TPSA) is 50.8 Å². The summed E-state index contributed by atoms with van der Waals surface area (Å²) in [4.78, 5) is 14.4. The summed E-state index contributed by atoms with van der Waals surface area (Å²) in [6.07, 6.45) is 0. The Balaban J connectivity index is 1.44. The van der Waals surface area contributed by atoms with Crippen molar-refractivity contribution in [3.8, 4) is 0 Å². The first-order valence-corrected chi connectivity index (χ1v) is 9.06. The Bertz CT molecular complexity index is 685. The van der Waals surface area contributed by atoms with Gasteiger partial charge < -0.3 is 14.8 Å². The fourth-order valence-corrected chi connectivity index (χ4v) is 2.97. The standard InChI is InChI=1S/C21H26N2O3/c24-21(17-26-16-18-6-2-1-3-7-18)22-14-19-8-4-5-9-20(19)15-23-10-12-25-13-11-23/h1-9H,10-17H2,(H,22,24). The highest BCUT2D eigenvalue weighted by Gasteiger charge is 2.13. The number of carbonyl (C=O) groups excluding carboxylic acids is 1. The van der Waals surface area contributed by atoms with Crippen molar-refractivity contribution in [1.29, 1.82) is 0 Å². The molecule has 5 heteroatoms. The van der Waals surface area contributed by atoms with E-state index in [-0.39, 0.29) is 12.5 Å². The van der Waals surface area contributed by atoms with Gasteiger partial charge in [0.25, 0.3) is 0 Å². The van der Waals surface area contributed by atoms with Crippen LogP contribution in [-0.2, 0) is 34.0 Å². The smallest absolute Gasteiger partial charge is 0.246 e. The van der Waals surface area contributed by atoms with Crippen LogP contribution in [0.3, 0.4) is 0 Å². The molecule has 0 aromatic heterocycles. The summed E-state index contributed by atoms with van der Waals surface area (Å²) >= 11 is 0. The van der Waals surface area contributed by atoms with Crippen molar-refractivity contribution in [2.45, 2.75) is 19.7 Å². The summed E-state index contributed by atoms with van der Waals surface area (Å²) in [6, 6.07) is 18.1. The molecule has 1 fully saturated rings. The number of rotatable bonds is 8. The monoisotopic (exact) mass is 354 g/mol. The normalized spacial score (nSPS) is 14.9. The predicted molar refractivity (Wildman–Crippen MR) is 100 cm³/mol. The molecule has 1 aliphatic heterocycles. The van der Waals surface area contributed by atoms with Crippen molar-refractivity contribution in [3.05, 3.63) is 71.3 Å². The Morgan fingerprint density at radius 3 is 2.46 bits per heavy atom. The summed E-state index contributed by atoms with van der Waals surface area (Å²) in [5.41, 5.74) is 3.46. The van der Waals surface area contributed by atoms with Crippen LogP contribution in [0.5, 0.6) is 0 Å². The summed E-state index contributed by atoms with van der Waals surface area (Å²) in [5, 5.41) is 2.96. The molecule has 3 rings (SSSR count). The Kier molecular flexibility index (Phi) is 7.19. The van der Waals surface area contributed by atoms with E-state index in [2.05, 4.69) is 22.3 Å². The first-order valence-electron chi connectivity index (χ1n) is 9.06. The Morgan fingerprint density at radius 2 is 1.69 bits per heavy atom. The average molecular weight is 354 g/mol. The molecule has 1 aliphatic rings. The van der Waals surface area contributed by atoms with E-state index in [4.69, 9.17) is 9.47 Å². The molecule has 1 saturated heterocycles. The van der Waals surface area contributed by atoms with Crippen LogP contribution in [0.4, 0.5) is 0 Å². The minimum absolute atomic E-state index is 0.0700. The predicted octanol–water partition coefficient (Wildman–Crippen LogP) is 2.35. The SMILES string of the molecule is O=C(COCc1ccccc1)NCc1ccccc1CN1CCOCC1. The number of amides is 1. The van der Waals surface area contributed by atoms with Crippen molar-refractivity contribution in [2.24, 2.45) is 0 Å². The van der Waals surface area contributed by atoms with Crippen LogP contribution in [0.15, 0.2) is 54.6 Å². The van der Waals surface area contributed by atoms with Crippen molar-refractivity contribution < 1.29 is 14.3 Å². The molecule has 0 spiro atoms. The molecule has 1 heterocycles. The zero-order valence-electron chi connectivity index (χ0n) is 15.0. The van der Waals surface area contributed by atoms with Gasteiger partial charge in [-0.25, -0.2) is 0 Å². The molecule has 0 atom stereocenters. The van der Waals surface area contributed by atoms with Gasteiger partial charge in [0.05, 0.1) is 19.8 Å². The third-order valence-corrected chi connectivity index (χ3v) is 4.44. The third kappa shape index (κ3) is 5.95. The fourth-order valence-electron chi connectivity index (χ4n) is 2.97. The zero-order chi connectivity index (χ0) is 18.0. The lowest BCUT2D eigenvalue weighted by atomic mass is 10.1. The molecule has 0 unspecified atom stereocenters. The van der Waals surface area contributed by atoms with Gasteiger partial charge in [-0.05, 0) is 16.7 Å². The number of benzene rings is 2. The van der Waals surface area contributed by atoms with E-state index in [1.165, 1.54) is 5.56 Å². The highest BCUT2D eigenvalue weighted by molar-refractivity contribution is 5.77. The van der Waals surface area contributed by atoms with Gasteiger partial charge in [-0.3, -0.25) is 9.69 Å². The van der Waals surface area contributed by atoms with Gasteiger partial charge in [0, 0.05) is 26.2 Å². The Morgan fingerprint density at radius 1 is 1.00 bits per heavy atom. The number of hydrogen-bond acceptors (Lipinski definition) is 4. The van der Waals surface area contributed by atoms with E-state index in [0.717, 1.165) is 44.0 Å². The first-order chi connectivity index (χ1) is 12.8. The van der Waals surface area contributed by atoms with Crippen molar-refractivity contribution in [2.75, 3.05) is 32.9 Å². The highest BCUT2D eigenvalue weighted by atomic mass is 16.5. The van der Waals surface area contributed by atoms with Gasteiger partial charge in [0.15, 0.2) is 0 Å². The minimum Gasteiger partial charge on any atom is -0.379 e. The van der Waals surface area contributed by atoms with Crippen molar-refractivity contribution >= 4 is 5.91 Å². The summed E-state index contributed by atoms with van der Waals surface area (Å²) in [5.74, 6) is -0.0953. The fraction of sp³-hybridized carbons (Fsp3) is 0.381. The molecule has 0 aliphatic carbocycles. The second kappa shape index (κ2) is 10.1. The quantitative estimate of drug-likeness (QED) is 0.791. The molecular weight excluding hydrogens is 328 g/mol.